The minimum atomic E-state index is -0.152. The monoisotopic (exact) mass is 369 g/mol. The largest absolute Gasteiger partial charge is 0.484 e. The van der Waals surface area contributed by atoms with Gasteiger partial charge >= 0.3 is 0 Å². The zero-order valence-corrected chi connectivity index (χ0v) is 16.1. The van der Waals surface area contributed by atoms with Crippen LogP contribution in [0.1, 0.15) is 44.8 Å². The molecule has 2 atom stereocenters. The minimum Gasteiger partial charge on any atom is -0.484 e. The van der Waals surface area contributed by atoms with Gasteiger partial charge in [-0.2, -0.15) is 4.98 Å². The topological polar surface area (TPSA) is 68.5 Å². The summed E-state index contributed by atoms with van der Waals surface area (Å²) in [5, 5.41) is 4.32. The molecular formula is C21H27N3O3. The minimum absolute atomic E-state index is 0.0264. The Morgan fingerprint density at radius 2 is 2.19 bits per heavy atom. The van der Waals surface area contributed by atoms with Crippen LogP contribution in [0, 0.1) is 11.8 Å². The normalized spacial score (nSPS) is 24.4. The van der Waals surface area contributed by atoms with E-state index in [1.165, 1.54) is 0 Å². The van der Waals surface area contributed by atoms with E-state index in [1.807, 2.05) is 35.2 Å². The van der Waals surface area contributed by atoms with Crippen LogP contribution in [0.15, 0.2) is 34.9 Å². The summed E-state index contributed by atoms with van der Waals surface area (Å²) >= 11 is 0. The molecule has 6 heteroatoms. The molecular weight excluding hydrogens is 342 g/mol. The van der Waals surface area contributed by atoms with Crippen molar-refractivity contribution in [2.75, 3.05) is 19.7 Å². The van der Waals surface area contributed by atoms with Crippen LogP contribution < -0.4 is 4.74 Å². The lowest BCUT2D eigenvalue weighted by Crippen LogP contribution is -2.37. The van der Waals surface area contributed by atoms with Crippen LogP contribution >= 0.6 is 0 Å². The zero-order chi connectivity index (χ0) is 18.9. The van der Waals surface area contributed by atoms with E-state index < -0.39 is 0 Å². The third kappa shape index (κ3) is 3.57. The highest BCUT2D eigenvalue weighted by molar-refractivity contribution is 5.78. The number of likely N-dealkylation sites (tertiary alicyclic amines) is 1. The molecule has 0 unspecified atom stereocenters. The molecule has 4 rings (SSSR count). The van der Waals surface area contributed by atoms with Crippen molar-refractivity contribution in [3.05, 3.63) is 42.0 Å². The van der Waals surface area contributed by atoms with E-state index in [2.05, 4.69) is 19.0 Å². The molecule has 144 valence electrons. The number of carbonyl (C=O) groups excluding carboxylic acids is 1. The Morgan fingerprint density at radius 3 is 2.96 bits per heavy atom. The molecule has 1 aromatic heterocycles. The highest BCUT2D eigenvalue weighted by atomic mass is 16.5. The molecule has 27 heavy (non-hydrogen) atoms. The molecule has 1 amide bonds. The average Bonchev–Trinajstić information content (AvgIpc) is 3.34. The van der Waals surface area contributed by atoms with E-state index in [1.54, 1.807) is 0 Å². The SMILES string of the molecule is CC(C)Cc1nc([C@@]23CCC[C@@H]2CN(C(=O)COc2ccccc2)C3)no1. The molecule has 1 saturated carbocycles. The lowest BCUT2D eigenvalue weighted by Gasteiger charge is -2.24. The molecule has 6 nitrogen and oxygen atoms in total. The number of para-hydroxylation sites is 1. The molecule has 2 heterocycles. The number of benzene rings is 1. The molecule has 0 N–H and O–H groups in total. The van der Waals surface area contributed by atoms with Crippen LogP contribution in [0.25, 0.3) is 0 Å². The predicted molar refractivity (Wildman–Crippen MR) is 100 cm³/mol. The number of rotatable bonds is 6. The van der Waals surface area contributed by atoms with Gasteiger partial charge in [-0.25, -0.2) is 0 Å². The fraction of sp³-hybridized carbons (Fsp3) is 0.571. The van der Waals surface area contributed by atoms with Crippen molar-refractivity contribution in [2.45, 2.75) is 44.9 Å². The smallest absolute Gasteiger partial charge is 0.260 e. The fourth-order valence-corrected chi connectivity index (χ4v) is 4.49. The maximum atomic E-state index is 12.7. The molecule has 0 spiro atoms. The van der Waals surface area contributed by atoms with Gasteiger partial charge in [0.2, 0.25) is 5.89 Å². The van der Waals surface area contributed by atoms with Crippen LogP contribution in [0.2, 0.25) is 0 Å². The maximum Gasteiger partial charge on any atom is 0.260 e. The molecule has 0 radical (unpaired) electrons. The summed E-state index contributed by atoms with van der Waals surface area (Å²) in [7, 11) is 0. The van der Waals surface area contributed by atoms with Crippen molar-refractivity contribution in [3.8, 4) is 5.75 Å². The van der Waals surface area contributed by atoms with E-state index in [-0.39, 0.29) is 17.9 Å². The number of hydrogen-bond donors (Lipinski definition) is 0. The van der Waals surface area contributed by atoms with Gasteiger partial charge in [0.25, 0.3) is 5.91 Å². The summed E-state index contributed by atoms with van der Waals surface area (Å²) < 4.78 is 11.2. The molecule has 1 aromatic carbocycles. The summed E-state index contributed by atoms with van der Waals surface area (Å²) in [6.07, 6.45) is 4.07. The lowest BCUT2D eigenvalue weighted by molar-refractivity contribution is -0.132. The van der Waals surface area contributed by atoms with Crippen molar-refractivity contribution in [3.63, 3.8) is 0 Å². The predicted octanol–water partition coefficient (Wildman–Crippen LogP) is 3.23. The van der Waals surface area contributed by atoms with Gasteiger partial charge in [-0.3, -0.25) is 4.79 Å². The lowest BCUT2D eigenvalue weighted by atomic mass is 9.80. The van der Waals surface area contributed by atoms with Crippen LogP contribution in [-0.2, 0) is 16.6 Å². The standard InChI is InChI=1S/C21H27N3O3/c1-15(2)11-18-22-20(23-27-18)21-10-6-7-16(21)12-24(14-21)19(25)13-26-17-8-4-3-5-9-17/h3-5,8-9,15-16H,6-7,10-14H2,1-2H3/t16-,21-/m1/s1. The molecule has 1 saturated heterocycles. The number of fused-ring (bicyclic) bond motifs is 1. The average molecular weight is 369 g/mol. The van der Waals surface area contributed by atoms with Gasteiger partial charge in [0, 0.05) is 19.5 Å². The Bertz CT molecular complexity index is 789. The van der Waals surface area contributed by atoms with Gasteiger partial charge in [0.15, 0.2) is 12.4 Å². The number of hydrogen-bond acceptors (Lipinski definition) is 5. The summed E-state index contributed by atoms with van der Waals surface area (Å²) in [6, 6.07) is 9.46. The summed E-state index contributed by atoms with van der Waals surface area (Å²) in [6.45, 7) is 5.77. The van der Waals surface area contributed by atoms with Crippen molar-refractivity contribution in [1.29, 1.82) is 0 Å². The van der Waals surface area contributed by atoms with E-state index in [9.17, 15) is 4.79 Å². The first-order valence-corrected chi connectivity index (χ1v) is 9.85. The molecule has 1 aliphatic heterocycles. The summed E-state index contributed by atoms with van der Waals surface area (Å²) in [4.78, 5) is 19.3. The van der Waals surface area contributed by atoms with Gasteiger partial charge in [0.05, 0.1) is 5.41 Å². The summed E-state index contributed by atoms with van der Waals surface area (Å²) in [5.74, 6) is 3.13. The Hall–Kier alpha value is -2.37. The van der Waals surface area contributed by atoms with Crippen molar-refractivity contribution in [2.24, 2.45) is 11.8 Å². The van der Waals surface area contributed by atoms with Gasteiger partial charge in [0.1, 0.15) is 5.75 Å². The molecule has 1 aliphatic carbocycles. The van der Waals surface area contributed by atoms with Gasteiger partial charge < -0.3 is 14.2 Å². The van der Waals surface area contributed by atoms with Crippen molar-refractivity contribution >= 4 is 5.91 Å². The Kier molecular flexibility index (Phi) is 4.89. The maximum absolute atomic E-state index is 12.7. The molecule has 2 fully saturated rings. The first kappa shape index (κ1) is 18.0. The summed E-state index contributed by atoms with van der Waals surface area (Å²) in [5.41, 5.74) is -0.152. The van der Waals surface area contributed by atoms with Crippen LogP contribution in [-0.4, -0.2) is 40.6 Å². The highest BCUT2D eigenvalue weighted by Crippen LogP contribution is 2.49. The van der Waals surface area contributed by atoms with E-state index >= 15 is 0 Å². The first-order valence-electron chi connectivity index (χ1n) is 9.85. The third-order valence-electron chi connectivity index (χ3n) is 5.83. The van der Waals surface area contributed by atoms with E-state index in [0.717, 1.165) is 43.8 Å². The molecule has 2 aromatic rings. The number of amides is 1. The quantitative estimate of drug-likeness (QED) is 0.782. The zero-order valence-electron chi connectivity index (χ0n) is 16.1. The highest BCUT2D eigenvalue weighted by Gasteiger charge is 2.54. The van der Waals surface area contributed by atoms with Crippen molar-refractivity contribution < 1.29 is 14.1 Å². The van der Waals surface area contributed by atoms with Crippen molar-refractivity contribution in [1.82, 2.24) is 15.0 Å². The Morgan fingerprint density at radius 1 is 1.37 bits per heavy atom. The van der Waals surface area contributed by atoms with E-state index in [4.69, 9.17) is 14.2 Å². The van der Waals surface area contributed by atoms with E-state index in [0.29, 0.717) is 24.3 Å². The van der Waals surface area contributed by atoms with Crippen LogP contribution in [0.5, 0.6) is 5.75 Å². The number of nitrogens with zero attached hydrogens (tertiary/aromatic N) is 3. The van der Waals surface area contributed by atoms with Crippen LogP contribution in [0.4, 0.5) is 0 Å². The second-order valence-corrected chi connectivity index (χ2v) is 8.23. The second-order valence-electron chi connectivity index (χ2n) is 8.23. The molecule has 2 aliphatic rings. The number of carbonyl (C=O) groups is 1. The van der Waals surface area contributed by atoms with Gasteiger partial charge in [-0.15, -0.1) is 0 Å². The molecule has 0 bridgehead atoms. The fourth-order valence-electron chi connectivity index (χ4n) is 4.49. The third-order valence-corrected chi connectivity index (χ3v) is 5.83. The number of aromatic nitrogens is 2. The first-order chi connectivity index (χ1) is 13.1. The van der Waals surface area contributed by atoms with Crippen LogP contribution in [0.3, 0.4) is 0 Å². The second kappa shape index (κ2) is 7.33. The van der Waals surface area contributed by atoms with Gasteiger partial charge in [-0.05, 0) is 36.8 Å². The van der Waals surface area contributed by atoms with Gasteiger partial charge in [-0.1, -0.05) is 43.6 Å². The number of ether oxygens (including phenoxy) is 1. The Labute approximate surface area is 159 Å². The Balaban J connectivity index is 1.45.